The summed E-state index contributed by atoms with van der Waals surface area (Å²) in [5.41, 5.74) is 7.84. The fraction of sp³-hybridized carbons (Fsp3) is 0.125. The van der Waals surface area contributed by atoms with Crippen molar-refractivity contribution in [3.63, 3.8) is 0 Å². The van der Waals surface area contributed by atoms with Crippen molar-refractivity contribution in [3.8, 4) is 0 Å². The van der Waals surface area contributed by atoms with Gasteiger partial charge in [-0.2, -0.15) is 0 Å². The minimum Gasteiger partial charge on any atom is -0.379 e. The number of benzene rings is 2. The summed E-state index contributed by atoms with van der Waals surface area (Å²) in [6, 6.07) is 13.3. The van der Waals surface area contributed by atoms with Gasteiger partial charge >= 0.3 is 0 Å². The Balaban J connectivity index is 2.08. The molecule has 1 amide bonds. The number of carbonyl (C=O) groups excluding carboxylic acids is 1. The second-order valence-corrected chi connectivity index (χ2v) is 7.61. The van der Waals surface area contributed by atoms with E-state index < -0.39 is 0 Å². The third kappa shape index (κ3) is 5.67. The Bertz CT molecular complexity index is 720. The topological polar surface area (TPSA) is 79.0 Å². The number of thioether (sulfide) groups is 1. The fourth-order valence-electron chi connectivity index (χ4n) is 1.94. The molecule has 0 atom stereocenters. The van der Waals surface area contributed by atoms with E-state index in [9.17, 15) is 4.79 Å². The Morgan fingerprint density at radius 3 is 2.43 bits per heavy atom. The van der Waals surface area contributed by atoms with Crippen LogP contribution in [0.4, 0.5) is 0 Å². The first-order valence-corrected chi connectivity index (χ1v) is 9.31. The first kappa shape index (κ1) is 18.0. The normalized spacial score (nSPS) is 10.3. The molecule has 120 valence electrons. The van der Waals surface area contributed by atoms with E-state index in [1.807, 2.05) is 36.4 Å². The van der Waals surface area contributed by atoms with Crippen LogP contribution in [-0.2, 0) is 12.3 Å². The molecule has 23 heavy (non-hydrogen) atoms. The number of amides is 1. The summed E-state index contributed by atoms with van der Waals surface area (Å²) < 4.78 is 1.89. The van der Waals surface area contributed by atoms with Gasteiger partial charge in [0.15, 0.2) is 5.17 Å². The standard InChI is InChI=1S/C16H15Br2N3OS/c17-12-3-1-10(2-4-12)8-21-15(22)14-6-5-13(18)7-11(14)9-23-16(19)20/h1-7H,8-9H2,(H3,19,20)(H,21,22). The number of hydrogen-bond donors (Lipinski definition) is 3. The van der Waals surface area contributed by atoms with Crippen molar-refractivity contribution in [1.82, 2.24) is 5.32 Å². The van der Waals surface area contributed by atoms with Crippen LogP contribution in [0.5, 0.6) is 0 Å². The van der Waals surface area contributed by atoms with Crippen molar-refractivity contribution in [2.24, 2.45) is 5.73 Å². The van der Waals surface area contributed by atoms with Crippen LogP contribution in [0, 0.1) is 5.41 Å². The molecular weight excluding hydrogens is 442 g/mol. The van der Waals surface area contributed by atoms with E-state index in [0.29, 0.717) is 17.9 Å². The van der Waals surface area contributed by atoms with Gasteiger partial charge in [-0.25, -0.2) is 0 Å². The second kappa shape index (κ2) is 8.52. The molecule has 0 spiro atoms. The third-order valence-corrected chi connectivity index (χ3v) is 4.85. The highest BCUT2D eigenvalue weighted by atomic mass is 79.9. The van der Waals surface area contributed by atoms with Crippen LogP contribution in [0.15, 0.2) is 51.4 Å². The van der Waals surface area contributed by atoms with E-state index in [2.05, 4.69) is 37.2 Å². The molecule has 0 fully saturated rings. The molecule has 2 aromatic rings. The number of carbonyl (C=O) groups is 1. The van der Waals surface area contributed by atoms with Gasteiger partial charge in [-0.1, -0.05) is 55.8 Å². The molecule has 4 N–H and O–H groups in total. The number of halogens is 2. The summed E-state index contributed by atoms with van der Waals surface area (Å²) >= 11 is 7.99. The van der Waals surface area contributed by atoms with Crippen LogP contribution in [0.3, 0.4) is 0 Å². The van der Waals surface area contributed by atoms with Crippen LogP contribution >= 0.6 is 43.6 Å². The van der Waals surface area contributed by atoms with E-state index in [1.165, 1.54) is 11.8 Å². The molecule has 0 radical (unpaired) electrons. The SMILES string of the molecule is N=C(N)SCc1cc(Br)ccc1C(=O)NCc1ccc(Br)cc1. The molecule has 0 bridgehead atoms. The van der Waals surface area contributed by atoms with Crippen LogP contribution in [0.1, 0.15) is 21.5 Å². The molecule has 0 aliphatic rings. The molecule has 0 saturated heterocycles. The van der Waals surface area contributed by atoms with Gasteiger partial charge in [0.25, 0.3) is 5.91 Å². The number of nitrogens with one attached hydrogen (secondary N) is 2. The Hall–Kier alpha value is -1.31. The lowest BCUT2D eigenvalue weighted by Crippen LogP contribution is -2.24. The van der Waals surface area contributed by atoms with E-state index in [0.717, 1.165) is 20.1 Å². The van der Waals surface area contributed by atoms with Crippen molar-refractivity contribution in [2.75, 3.05) is 0 Å². The molecule has 2 aromatic carbocycles. The summed E-state index contributed by atoms with van der Waals surface area (Å²) in [5.74, 6) is 0.343. The molecule has 0 aliphatic heterocycles. The van der Waals surface area contributed by atoms with Gasteiger partial charge in [0.05, 0.1) is 0 Å². The summed E-state index contributed by atoms with van der Waals surface area (Å²) in [6.07, 6.45) is 0. The Kier molecular flexibility index (Phi) is 6.68. The molecule has 0 unspecified atom stereocenters. The summed E-state index contributed by atoms with van der Waals surface area (Å²) in [7, 11) is 0. The first-order chi connectivity index (χ1) is 11.0. The lowest BCUT2D eigenvalue weighted by atomic mass is 10.1. The van der Waals surface area contributed by atoms with Crippen molar-refractivity contribution in [2.45, 2.75) is 12.3 Å². The quantitative estimate of drug-likeness (QED) is 0.464. The number of nitrogens with two attached hydrogens (primary N) is 1. The molecule has 0 saturated carbocycles. The molecular formula is C16H15Br2N3OS. The highest BCUT2D eigenvalue weighted by Crippen LogP contribution is 2.21. The lowest BCUT2D eigenvalue weighted by Gasteiger charge is -2.11. The monoisotopic (exact) mass is 455 g/mol. The van der Waals surface area contributed by atoms with Gasteiger partial charge in [-0.05, 0) is 41.5 Å². The van der Waals surface area contributed by atoms with E-state index in [-0.39, 0.29) is 11.1 Å². The zero-order valence-electron chi connectivity index (χ0n) is 12.1. The Morgan fingerprint density at radius 2 is 1.78 bits per heavy atom. The largest absolute Gasteiger partial charge is 0.379 e. The van der Waals surface area contributed by atoms with Crippen LogP contribution in [0.25, 0.3) is 0 Å². The van der Waals surface area contributed by atoms with E-state index >= 15 is 0 Å². The van der Waals surface area contributed by atoms with Crippen LogP contribution in [0.2, 0.25) is 0 Å². The smallest absolute Gasteiger partial charge is 0.251 e. The third-order valence-electron chi connectivity index (χ3n) is 3.06. The van der Waals surface area contributed by atoms with E-state index in [4.69, 9.17) is 11.1 Å². The average molecular weight is 457 g/mol. The zero-order chi connectivity index (χ0) is 16.8. The summed E-state index contributed by atoms with van der Waals surface area (Å²) in [6.45, 7) is 0.460. The minimum atomic E-state index is -0.139. The molecule has 7 heteroatoms. The second-order valence-electron chi connectivity index (χ2n) is 4.76. The van der Waals surface area contributed by atoms with E-state index in [1.54, 1.807) is 6.07 Å². The van der Waals surface area contributed by atoms with Gasteiger partial charge in [0.2, 0.25) is 0 Å². The van der Waals surface area contributed by atoms with Gasteiger partial charge < -0.3 is 11.1 Å². The predicted molar refractivity (Wildman–Crippen MR) is 103 cm³/mol. The van der Waals surface area contributed by atoms with Gasteiger partial charge in [-0.3, -0.25) is 10.2 Å². The summed E-state index contributed by atoms with van der Waals surface area (Å²) in [5, 5.41) is 10.3. The van der Waals surface area contributed by atoms with Crippen molar-refractivity contribution >= 4 is 54.7 Å². The Labute approximate surface area is 156 Å². The minimum absolute atomic E-state index is 0.0335. The van der Waals surface area contributed by atoms with Crippen molar-refractivity contribution < 1.29 is 4.79 Å². The van der Waals surface area contributed by atoms with Gasteiger partial charge in [0, 0.05) is 26.8 Å². The highest BCUT2D eigenvalue weighted by molar-refractivity contribution is 9.10. The molecule has 2 rings (SSSR count). The zero-order valence-corrected chi connectivity index (χ0v) is 16.1. The van der Waals surface area contributed by atoms with Crippen LogP contribution < -0.4 is 11.1 Å². The molecule has 4 nitrogen and oxygen atoms in total. The molecule has 0 aliphatic carbocycles. The van der Waals surface area contributed by atoms with Crippen molar-refractivity contribution in [3.05, 3.63) is 68.1 Å². The molecule has 0 aromatic heterocycles. The van der Waals surface area contributed by atoms with Gasteiger partial charge in [-0.15, -0.1) is 0 Å². The number of rotatable bonds is 5. The number of amidine groups is 1. The molecule has 0 heterocycles. The maximum absolute atomic E-state index is 12.4. The van der Waals surface area contributed by atoms with Crippen LogP contribution in [-0.4, -0.2) is 11.1 Å². The average Bonchev–Trinajstić information content (AvgIpc) is 2.52. The maximum atomic E-state index is 12.4. The van der Waals surface area contributed by atoms with Crippen molar-refractivity contribution in [1.29, 1.82) is 5.41 Å². The Morgan fingerprint density at radius 1 is 1.13 bits per heavy atom. The highest BCUT2D eigenvalue weighted by Gasteiger charge is 2.12. The lowest BCUT2D eigenvalue weighted by molar-refractivity contribution is 0.0950. The fourth-order valence-corrected chi connectivity index (χ4v) is 3.16. The maximum Gasteiger partial charge on any atom is 0.251 e. The van der Waals surface area contributed by atoms with Gasteiger partial charge in [0.1, 0.15) is 0 Å². The first-order valence-electron chi connectivity index (χ1n) is 6.73. The number of hydrogen-bond acceptors (Lipinski definition) is 3. The predicted octanol–water partition coefficient (Wildman–Crippen LogP) is 4.27. The summed E-state index contributed by atoms with van der Waals surface area (Å²) in [4.78, 5) is 12.4.